The number of hydrogen-bond acceptors (Lipinski definition) is 2. The Morgan fingerprint density at radius 1 is 1.05 bits per heavy atom. The fraction of sp³-hybridized carbons (Fsp3) is 0.667. The maximum absolute atomic E-state index is 5.74. The van der Waals surface area contributed by atoms with Gasteiger partial charge in [-0.25, -0.2) is 0 Å². The summed E-state index contributed by atoms with van der Waals surface area (Å²) in [4.78, 5) is 2.52. The summed E-state index contributed by atoms with van der Waals surface area (Å²) in [6.45, 7) is 8.19. The first kappa shape index (κ1) is 15.4. The van der Waals surface area contributed by atoms with E-state index in [1.165, 1.54) is 31.2 Å². The lowest BCUT2D eigenvalue weighted by molar-refractivity contribution is 0.107. The van der Waals surface area contributed by atoms with Crippen molar-refractivity contribution in [1.29, 1.82) is 0 Å². The molecular weight excluding hydrogens is 244 g/mol. The van der Waals surface area contributed by atoms with Crippen molar-refractivity contribution in [1.82, 2.24) is 4.90 Å². The van der Waals surface area contributed by atoms with Gasteiger partial charge in [-0.2, -0.15) is 0 Å². The first-order chi connectivity index (χ1) is 9.36. The third-order valence-corrected chi connectivity index (χ3v) is 4.96. The van der Waals surface area contributed by atoms with Crippen molar-refractivity contribution < 1.29 is 0 Å². The van der Waals surface area contributed by atoms with Crippen LogP contribution in [0.5, 0.6) is 0 Å². The van der Waals surface area contributed by atoms with Crippen LogP contribution < -0.4 is 5.73 Å². The molecule has 0 unspecified atom stereocenters. The molecule has 1 aromatic carbocycles. The van der Waals surface area contributed by atoms with Crippen LogP contribution in [0.4, 0.5) is 5.69 Å². The first-order valence-corrected chi connectivity index (χ1v) is 7.91. The highest BCUT2D eigenvalue weighted by atomic mass is 15.1. The average Bonchev–Trinajstić information content (AvgIpc) is 2.40. The van der Waals surface area contributed by atoms with E-state index in [-0.39, 0.29) is 0 Å². The quantitative estimate of drug-likeness (QED) is 0.832. The van der Waals surface area contributed by atoms with Crippen LogP contribution in [0.1, 0.15) is 52.0 Å². The van der Waals surface area contributed by atoms with Crippen molar-refractivity contribution in [3.63, 3.8) is 0 Å². The number of hydrogen-bond donors (Lipinski definition) is 1. The molecule has 0 amide bonds. The highest BCUT2D eigenvalue weighted by molar-refractivity contribution is 5.39. The Morgan fingerprint density at radius 3 is 2.10 bits per heavy atom. The molecule has 0 heterocycles. The molecular formula is C18H30N2. The molecule has 1 aromatic rings. The third-order valence-electron chi connectivity index (χ3n) is 4.96. The zero-order chi connectivity index (χ0) is 14.8. The van der Waals surface area contributed by atoms with Gasteiger partial charge in [0.15, 0.2) is 0 Å². The summed E-state index contributed by atoms with van der Waals surface area (Å²) in [6, 6.07) is 9.03. The number of nitrogens with two attached hydrogens (primary N) is 1. The molecule has 2 rings (SSSR count). The third kappa shape index (κ3) is 3.99. The van der Waals surface area contributed by atoms with E-state index < -0.39 is 0 Å². The van der Waals surface area contributed by atoms with E-state index in [1.807, 2.05) is 12.1 Å². The fourth-order valence-electron chi connectivity index (χ4n) is 3.42. The van der Waals surface area contributed by atoms with Gasteiger partial charge in [0.25, 0.3) is 0 Å². The van der Waals surface area contributed by atoms with Gasteiger partial charge in [-0.15, -0.1) is 0 Å². The van der Waals surface area contributed by atoms with E-state index in [1.54, 1.807) is 0 Å². The van der Waals surface area contributed by atoms with Gasteiger partial charge >= 0.3 is 0 Å². The van der Waals surface area contributed by atoms with Crippen LogP contribution >= 0.6 is 0 Å². The Bertz CT molecular complexity index is 408. The standard InChI is InChI=1S/C18H30N2/c1-18(2,3)15-7-11-17(12-8-15)20(4)13-14-5-9-16(19)10-6-14/h5-6,9-10,15,17H,7-8,11-13,19H2,1-4H3. The van der Waals surface area contributed by atoms with Crippen molar-refractivity contribution in [3.05, 3.63) is 29.8 Å². The molecule has 1 aliphatic rings. The second kappa shape index (κ2) is 6.17. The van der Waals surface area contributed by atoms with E-state index in [2.05, 4.69) is 44.9 Å². The van der Waals surface area contributed by atoms with E-state index in [0.717, 1.165) is 24.2 Å². The van der Waals surface area contributed by atoms with E-state index in [4.69, 9.17) is 5.73 Å². The summed E-state index contributed by atoms with van der Waals surface area (Å²) < 4.78 is 0. The van der Waals surface area contributed by atoms with E-state index in [0.29, 0.717) is 5.41 Å². The largest absolute Gasteiger partial charge is 0.399 e. The van der Waals surface area contributed by atoms with Crippen LogP contribution in [0.15, 0.2) is 24.3 Å². The molecule has 1 saturated carbocycles. The summed E-state index contributed by atoms with van der Waals surface area (Å²) in [5, 5.41) is 0. The molecule has 112 valence electrons. The zero-order valence-corrected chi connectivity index (χ0v) is 13.5. The van der Waals surface area contributed by atoms with Crippen molar-refractivity contribution in [3.8, 4) is 0 Å². The molecule has 20 heavy (non-hydrogen) atoms. The van der Waals surface area contributed by atoms with E-state index in [9.17, 15) is 0 Å². The number of benzene rings is 1. The van der Waals surface area contributed by atoms with Crippen LogP contribution in [0.3, 0.4) is 0 Å². The van der Waals surface area contributed by atoms with Gasteiger partial charge in [0.2, 0.25) is 0 Å². The number of anilines is 1. The summed E-state index contributed by atoms with van der Waals surface area (Å²) in [6.07, 6.45) is 5.43. The Labute approximate surface area is 124 Å². The fourth-order valence-corrected chi connectivity index (χ4v) is 3.42. The minimum Gasteiger partial charge on any atom is -0.399 e. The van der Waals surface area contributed by atoms with Crippen LogP contribution in [-0.2, 0) is 6.54 Å². The molecule has 0 saturated heterocycles. The lowest BCUT2D eigenvalue weighted by atomic mass is 9.71. The Morgan fingerprint density at radius 2 is 1.60 bits per heavy atom. The summed E-state index contributed by atoms with van der Waals surface area (Å²) >= 11 is 0. The van der Waals surface area contributed by atoms with Crippen molar-refractivity contribution >= 4 is 5.69 Å². The first-order valence-electron chi connectivity index (χ1n) is 7.91. The van der Waals surface area contributed by atoms with Crippen molar-refractivity contribution in [2.75, 3.05) is 12.8 Å². The predicted octanol–water partition coefficient (Wildman–Crippen LogP) is 4.31. The molecule has 1 fully saturated rings. The summed E-state index contributed by atoms with van der Waals surface area (Å²) in [7, 11) is 2.26. The average molecular weight is 274 g/mol. The van der Waals surface area contributed by atoms with E-state index >= 15 is 0 Å². The molecule has 0 bridgehead atoms. The SMILES string of the molecule is CN(Cc1ccc(N)cc1)C1CCC(C(C)(C)C)CC1. The zero-order valence-electron chi connectivity index (χ0n) is 13.5. The maximum Gasteiger partial charge on any atom is 0.0314 e. The molecule has 2 N–H and O–H groups in total. The van der Waals surface area contributed by atoms with Crippen LogP contribution in [0.2, 0.25) is 0 Å². The molecule has 1 aliphatic carbocycles. The Kier molecular flexibility index (Phi) is 4.74. The lowest BCUT2D eigenvalue weighted by Crippen LogP contribution is -2.37. The highest BCUT2D eigenvalue weighted by Crippen LogP contribution is 2.38. The lowest BCUT2D eigenvalue weighted by Gasteiger charge is -2.40. The van der Waals surface area contributed by atoms with Gasteiger partial charge in [-0.1, -0.05) is 32.9 Å². The second-order valence-electron chi connectivity index (χ2n) is 7.53. The van der Waals surface area contributed by atoms with Crippen LogP contribution in [0, 0.1) is 11.3 Å². The van der Waals surface area contributed by atoms with Crippen LogP contribution in [-0.4, -0.2) is 18.0 Å². The number of nitrogens with zero attached hydrogens (tertiary/aromatic N) is 1. The van der Waals surface area contributed by atoms with Crippen molar-refractivity contribution in [2.45, 2.75) is 59.0 Å². The molecule has 0 radical (unpaired) electrons. The topological polar surface area (TPSA) is 29.3 Å². The molecule has 2 nitrogen and oxygen atoms in total. The maximum atomic E-state index is 5.74. The smallest absolute Gasteiger partial charge is 0.0314 e. The van der Waals surface area contributed by atoms with Gasteiger partial charge < -0.3 is 5.73 Å². The van der Waals surface area contributed by atoms with Crippen molar-refractivity contribution in [2.24, 2.45) is 11.3 Å². The Balaban J connectivity index is 1.85. The molecule has 0 atom stereocenters. The minimum atomic E-state index is 0.473. The summed E-state index contributed by atoms with van der Waals surface area (Å²) in [5.41, 5.74) is 8.43. The van der Waals surface area contributed by atoms with Gasteiger partial charge in [-0.05, 0) is 61.8 Å². The van der Waals surface area contributed by atoms with Gasteiger partial charge in [0.1, 0.15) is 0 Å². The van der Waals surface area contributed by atoms with Gasteiger partial charge in [0, 0.05) is 18.3 Å². The monoisotopic (exact) mass is 274 g/mol. The molecule has 0 spiro atoms. The van der Waals surface area contributed by atoms with Gasteiger partial charge in [0.05, 0.1) is 0 Å². The van der Waals surface area contributed by atoms with Gasteiger partial charge in [-0.3, -0.25) is 4.90 Å². The molecule has 0 aliphatic heterocycles. The minimum absolute atomic E-state index is 0.473. The summed E-state index contributed by atoms with van der Waals surface area (Å²) in [5.74, 6) is 0.892. The van der Waals surface area contributed by atoms with Crippen LogP contribution in [0.25, 0.3) is 0 Å². The predicted molar refractivity (Wildman–Crippen MR) is 87.5 cm³/mol. The second-order valence-corrected chi connectivity index (χ2v) is 7.53. The molecule has 2 heteroatoms. The normalized spacial score (nSPS) is 24.1. The Hall–Kier alpha value is -1.02. The number of rotatable bonds is 3. The molecule has 0 aromatic heterocycles. The highest BCUT2D eigenvalue weighted by Gasteiger charge is 2.30. The number of nitrogen functional groups attached to an aromatic ring is 1.